The van der Waals surface area contributed by atoms with Crippen molar-refractivity contribution in [3.05, 3.63) is 76.5 Å². The number of benzene rings is 2. The number of esters is 1. The van der Waals surface area contributed by atoms with Crippen molar-refractivity contribution in [2.45, 2.75) is 38.2 Å². The molecule has 1 fully saturated rings. The normalized spacial score (nSPS) is 16.3. The van der Waals surface area contributed by atoms with E-state index in [0.717, 1.165) is 41.6 Å². The highest BCUT2D eigenvalue weighted by atomic mass is 32.1. The molecular weight excluding hydrogens is 434 g/mol. The summed E-state index contributed by atoms with van der Waals surface area (Å²) in [5.41, 5.74) is 2.95. The number of likely N-dealkylation sites (tertiary alicyclic amines) is 1. The quantitative estimate of drug-likeness (QED) is 0.436. The molecule has 0 spiro atoms. The molecule has 1 unspecified atom stereocenters. The van der Waals surface area contributed by atoms with Crippen molar-refractivity contribution in [2.24, 2.45) is 0 Å². The fourth-order valence-electron chi connectivity index (χ4n) is 4.29. The Bertz CT molecular complexity index is 1120. The van der Waals surface area contributed by atoms with E-state index < -0.39 is 11.6 Å². The van der Waals surface area contributed by atoms with Crippen LogP contribution >= 0.6 is 11.3 Å². The zero-order valence-electron chi connectivity index (χ0n) is 19.2. The first-order valence-electron chi connectivity index (χ1n) is 11.2. The van der Waals surface area contributed by atoms with Gasteiger partial charge in [-0.3, -0.25) is 4.79 Å². The van der Waals surface area contributed by atoms with Gasteiger partial charge in [-0.2, -0.15) is 11.3 Å². The number of hydrogen-bond donors (Lipinski definition) is 0. The minimum absolute atomic E-state index is 0.0657. The summed E-state index contributed by atoms with van der Waals surface area (Å²) >= 11 is 1.65. The summed E-state index contributed by atoms with van der Waals surface area (Å²) in [6.07, 6.45) is 1.95. The van der Waals surface area contributed by atoms with Crippen LogP contribution in [0.1, 0.15) is 48.5 Å². The van der Waals surface area contributed by atoms with Crippen LogP contribution in [-0.2, 0) is 9.53 Å². The fraction of sp³-hybridized carbons (Fsp3) is 0.333. The maximum absolute atomic E-state index is 13.3. The number of piperidine rings is 1. The Morgan fingerprint density at radius 2 is 1.88 bits per heavy atom. The lowest BCUT2D eigenvalue weighted by Crippen LogP contribution is -2.39. The number of rotatable bonds is 6. The van der Waals surface area contributed by atoms with Gasteiger partial charge in [0.2, 0.25) is 0 Å². The molecule has 0 bridgehead atoms. The molecule has 1 aliphatic heterocycles. The van der Waals surface area contributed by atoms with Gasteiger partial charge < -0.3 is 14.4 Å². The van der Waals surface area contributed by atoms with Crippen LogP contribution in [0.3, 0.4) is 0 Å². The molecule has 33 heavy (non-hydrogen) atoms. The van der Waals surface area contributed by atoms with E-state index in [1.807, 2.05) is 52.7 Å². The van der Waals surface area contributed by atoms with Crippen molar-refractivity contribution in [3.8, 4) is 16.9 Å². The predicted molar refractivity (Wildman–Crippen MR) is 131 cm³/mol. The molecule has 0 aliphatic carbocycles. The Kier molecular flexibility index (Phi) is 6.84. The third-order valence-electron chi connectivity index (χ3n) is 6.05. The summed E-state index contributed by atoms with van der Waals surface area (Å²) in [7, 11) is 1.35. The van der Waals surface area contributed by atoms with Gasteiger partial charge in [0.1, 0.15) is 5.75 Å². The van der Waals surface area contributed by atoms with Gasteiger partial charge in [-0.25, -0.2) is 4.79 Å². The zero-order valence-corrected chi connectivity index (χ0v) is 20.1. The Hall–Kier alpha value is -3.12. The molecule has 2 aromatic carbocycles. The second kappa shape index (κ2) is 9.79. The second-order valence-electron chi connectivity index (χ2n) is 8.86. The lowest BCUT2D eigenvalue weighted by atomic mass is 9.90. The lowest BCUT2D eigenvalue weighted by Gasteiger charge is -2.33. The van der Waals surface area contributed by atoms with Crippen LogP contribution in [0.15, 0.2) is 65.4 Å². The summed E-state index contributed by atoms with van der Waals surface area (Å²) in [5.74, 6) is 0.477. The molecule has 5 nitrogen and oxygen atoms in total. The number of carbonyl (C=O) groups excluding carboxylic acids is 2. The predicted octanol–water partition coefficient (Wildman–Crippen LogP) is 5.77. The number of ether oxygens (including phenoxy) is 2. The van der Waals surface area contributed by atoms with Gasteiger partial charge in [0.25, 0.3) is 5.91 Å². The third-order valence-corrected chi connectivity index (χ3v) is 6.74. The number of carbonyl (C=O) groups is 2. The van der Waals surface area contributed by atoms with Crippen molar-refractivity contribution in [1.82, 2.24) is 4.90 Å². The van der Waals surface area contributed by atoms with E-state index in [9.17, 15) is 9.59 Å². The number of methoxy groups -OCH3 is 1. The molecule has 1 aromatic heterocycles. The van der Waals surface area contributed by atoms with Crippen LogP contribution in [0.2, 0.25) is 0 Å². The van der Waals surface area contributed by atoms with Gasteiger partial charge in [0, 0.05) is 24.6 Å². The van der Waals surface area contributed by atoms with Crippen LogP contribution in [0.4, 0.5) is 0 Å². The smallest absolute Gasteiger partial charge is 0.349 e. The van der Waals surface area contributed by atoms with Crippen molar-refractivity contribution in [2.75, 3.05) is 20.2 Å². The molecule has 0 radical (unpaired) electrons. The van der Waals surface area contributed by atoms with Gasteiger partial charge in [0.05, 0.1) is 7.11 Å². The van der Waals surface area contributed by atoms with E-state index in [0.29, 0.717) is 12.3 Å². The van der Waals surface area contributed by atoms with E-state index in [2.05, 4.69) is 17.5 Å². The van der Waals surface area contributed by atoms with Gasteiger partial charge in [-0.15, -0.1) is 0 Å². The van der Waals surface area contributed by atoms with Gasteiger partial charge in [-0.05, 0) is 84.5 Å². The van der Waals surface area contributed by atoms with Crippen molar-refractivity contribution in [1.29, 1.82) is 0 Å². The molecule has 2 heterocycles. The maximum Gasteiger partial charge on any atom is 0.349 e. The molecule has 1 aliphatic rings. The first kappa shape index (κ1) is 23.1. The first-order chi connectivity index (χ1) is 15.9. The zero-order chi connectivity index (χ0) is 23.4. The molecule has 4 rings (SSSR count). The van der Waals surface area contributed by atoms with Crippen LogP contribution in [-0.4, -0.2) is 42.6 Å². The average molecular weight is 464 g/mol. The van der Waals surface area contributed by atoms with Gasteiger partial charge >= 0.3 is 5.97 Å². The van der Waals surface area contributed by atoms with Crippen LogP contribution in [0, 0.1) is 0 Å². The van der Waals surface area contributed by atoms with Crippen molar-refractivity contribution in [3.63, 3.8) is 0 Å². The van der Waals surface area contributed by atoms with E-state index in [1.54, 1.807) is 25.2 Å². The number of hydrogen-bond acceptors (Lipinski definition) is 5. The molecular formula is C27H29NO4S. The van der Waals surface area contributed by atoms with Crippen LogP contribution < -0.4 is 4.74 Å². The molecule has 172 valence electrons. The minimum Gasteiger partial charge on any atom is -0.476 e. The fourth-order valence-corrected chi connectivity index (χ4v) is 4.96. The van der Waals surface area contributed by atoms with Crippen LogP contribution in [0.25, 0.3) is 11.1 Å². The SMILES string of the molecule is COC(=O)C(C)(C)Oc1cccc(C2CCCN(C(=O)c3cccc(-c4ccsc4)c3)C2)c1. The Morgan fingerprint density at radius 1 is 1.06 bits per heavy atom. The molecule has 1 amide bonds. The molecule has 0 N–H and O–H groups in total. The highest BCUT2D eigenvalue weighted by Gasteiger charge is 2.31. The van der Waals surface area contributed by atoms with Gasteiger partial charge in [-0.1, -0.05) is 24.3 Å². The maximum atomic E-state index is 13.3. The Morgan fingerprint density at radius 3 is 2.64 bits per heavy atom. The van der Waals surface area contributed by atoms with Crippen LogP contribution in [0.5, 0.6) is 5.75 Å². The molecule has 1 saturated heterocycles. The molecule has 3 aromatic rings. The number of amides is 1. The average Bonchev–Trinajstić information content (AvgIpc) is 3.38. The summed E-state index contributed by atoms with van der Waals surface area (Å²) in [6, 6.07) is 17.8. The third kappa shape index (κ3) is 5.28. The van der Waals surface area contributed by atoms with E-state index in [1.165, 1.54) is 7.11 Å². The minimum atomic E-state index is -1.07. The molecule has 6 heteroatoms. The molecule has 0 saturated carbocycles. The topological polar surface area (TPSA) is 55.8 Å². The lowest BCUT2D eigenvalue weighted by molar-refractivity contribution is -0.156. The van der Waals surface area contributed by atoms with E-state index in [-0.39, 0.29) is 11.8 Å². The number of nitrogens with zero attached hydrogens (tertiary/aromatic N) is 1. The highest BCUT2D eigenvalue weighted by molar-refractivity contribution is 7.08. The molecule has 1 atom stereocenters. The van der Waals surface area contributed by atoms with E-state index >= 15 is 0 Å². The summed E-state index contributed by atoms with van der Waals surface area (Å²) < 4.78 is 10.8. The number of thiophene rings is 1. The van der Waals surface area contributed by atoms with Gasteiger partial charge in [0.15, 0.2) is 5.60 Å². The monoisotopic (exact) mass is 463 g/mol. The van der Waals surface area contributed by atoms with Crippen molar-refractivity contribution >= 4 is 23.2 Å². The first-order valence-corrected chi connectivity index (χ1v) is 12.1. The standard InChI is InChI=1S/C27H29NO4S/c1-27(2,26(30)31-3)32-24-11-5-8-20(16-24)22-10-6-13-28(17-22)25(29)21-9-4-7-19(15-21)23-12-14-33-18-23/h4-5,7-9,11-12,14-16,18,22H,6,10,13,17H2,1-3H3. The largest absolute Gasteiger partial charge is 0.476 e. The summed E-state index contributed by atoms with van der Waals surface area (Å²) in [5, 5.41) is 4.14. The summed E-state index contributed by atoms with van der Waals surface area (Å²) in [6.45, 7) is 4.79. The second-order valence-corrected chi connectivity index (χ2v) is 9.64. The highest BCUT2D eigenvalue weighted by Crippen LogP contribution is 2.31. The Balaban J connectivity index is 1.48. The van der Waals surface area contributed by atoms with Crippen molar-refractivity contribution < 1.29 is 19.1 Å². The Labute approximate surface area is 199 Å². The summed E-state index contributed by atoms with van der Waals surface area (Å²) in [4.78, 5) is 27.3. The van der Waals surface area contributed by atoms with E-state index in [4.69, 9.17) is 9.47 Å².